The molecule has 6 nitrogen and oxygen atoms in total. The zero-order chi connectivity index (χ0) is 24.2. The molecule has 0 radical (unpaired) electrons. The molecule has 0 spiro atoms. The maximum Gasteiger partial charge on any atom is 0.255 e. The fourth-order valence-electron chi connectivity index (χ4n) is 4.40. The predicted octanol–water partition coefficient (Wildman–Crippen LogP) is 6.43. The van der Waals surface area contributed by atoms with Gasteiger partial charge in [0.15, 0.2) is 0 Å². The zero-order valence-corrected chi connectivity index (χ0v) is 19.7. The molecule has 6 heteroatoms. The van der Waals surface area contributed by atoms with Gasteiger partial charge in [-0.3, -0.25) is 14.8 Å². The molecule has 0 bridgehead atoms. The molecule has 0 aliphatic rings. The number of benzene rings is 3. The van der Waals surface area contributed by atoms with Crippen molar-refractivity contribution in [1.29, 1.82) is 0 Å². The third-order valence-corrected chi connectivity index (χ3v) is 6.29. The SMILES string of the molecule is CC(C)(C)c1ccc(C(=O)Nc2ccc3nc4c5cccnc5c5ncccc5c4nc3c2)cc1. The Morgan fingerprint density at radius 3 is 1.91 bits per heavy atom. The van der Waals surface area contributed by atoms with Gasteiger partial charge in [-0.1, -0.05) is 32.9 Å². The van der Waals surface area contributed by atoms with Crippen LogP contribution in [0.25, 0.3) is 43.9 Å². The number of rotatable bonds is 2. The van der Waals surface area contributed by atoms with E-state index in [1.165, 1.54) is 5.56 Å². The molecule has 3 aromatic carbocycles. The highest BCUT2D eigenvalue weighted by atomic mass is 16.1. The summed E-state index contributed by atoms with van der Waals surface area (Å²) in [4.78, 5) is 31.9. The van der Waals surface area contributed by atoms with Crippen molar-refractivity contribution in [3.8, 4) is 0 Å². The van der Waals surface area contributed by atoms with Gasteiger partial charge in [0.2, 0.25) is 0 Å². The Labute approximate surface area is 202 Å². The van der Waals surface area contributed by atoms with Crippen molar-refractivity contribution >= 4 is 55.5 Å². The van der Waals surface area contributed by atoms with E-state index in [-0.39, 0.29) is 11.3 Å². The molecule has 6 rings (SSSR count). The van der Waals surface area contributed by atoms with Crippen LogP contribution < -0.4 is 5.32 Å². The van der Waals surface area contributed by atoms with E-state index >= 15 is 0 Å². The number of fused-ring (bicyclic) bond motifs is 7. The van der Waals surface area contributed by atoms with Crippen molar-refractivity contribution in [2.75, 3.05) is 5.32 Å². The molecule has 1 N–H and O–H groups in total. The number of hydrogen-bond donors (Lipinski definition) is 1. The van der Waals surface area contributed by atoms with Crippen molar-refractivity contribution in [1.82, 2.24) is 19.9 Å². The first kappa shape index (κ1) is 21.1. The first-order chi connectivity index (χ1) is 16.9. The Balaban J connectivity index is 1.43. The second-order valence-electron chi connectivity index (χ2n) is 9.70. The van der Waals surface area contributed by atoms with E-state index in [9.17, 15) is 4.79 Å². The zero-order valence-electron chi connectivity index (χ0n) is 19.7. The smallest absolute Gasteiger partial charge is 0.255 e. The first-order valence-corrected chi connectivity index (χ1v) is 11.5. The van der Waals surface area contributed by atoms with E-state index in [4.69, 9.17) is 9.97 Å². The van der Waals surface area contributed by atoms with Crippen molar-refractivity contribution in [2.24, 2.45) is 0 Å². The summed E-state index contributed by atoms with van der Waals surface area (Å²) in [6.07, 6.45) is 3.53. The van der Waals surface area contributed by atoms with Gasteiger partial charge in [-0.2, -0.15) is 0 Å². The average molecular weight is 458 g/mol. The lowest BCUT2D eigenvalue weighted by atomic mass is 9.87. The van der Waals surface area contributed by atoms with Crippen molar-refractivity contribution < 1.29 is 4.79 Å². The van der Waals surface area contributed by atoms with Gasteiger partial charge < -0.3 is 5.32 Å². The minimum absolute atomic E-state index is 0.0376. The molecule has 3 aromatic heterocycles. The molecule has 3 heterocycles. The maximum atomic E-state index is 12.9. The Morgan fingerprint density at radius 2 is 1.31 bits per heavy atom. The van der Waals surface area contributed by atoms with E-state index in [1.54, 1.807) is 12.4 Å². The second kappa shape index (κ2) is 7.81. The van der Waals surface area contributed by atoms with Crippen LogP contribution in [0, 0.1) is 0 Å². The van der Waals surface area contributed by atoms with Crippen LogP contribution in [-0.2, 0) is 5.41 Å². The molecule has 0 saturated carbocycles. The topological polar surface area (TPSA) is 80.7 Å². The monoisotopic (exact) mass is 457 g/mol. The number of pyridine rings is 2. The summed E-state index contributed by atoms with van der Waals surface area (Å²) in [6.45, 7) is 6.46. The first-order valence-electron chi connectivity index (χ1n) is 11.5. The molecule has 0 saturated heterocycles. The molecule has 0 fully saturated rings. The van der Waals surface area contributed by atoms with Crippen LogP contribution in [0.3, 0.4) is 0 Å². The molecule has 0 atom stereocenters. The van der Waals surface area contributed by atoms with E-state index < -0.39 is 0 Å². The van der Waals surface area contributed by atoms with Crippen LogP contribution >= 0.6 is 0 Å². The molecule has 1 amide bonds. The highest BCUT2D eigenvalue weighted by Crippen LogP contribution is 2.32. The lowest BCUT2D eigenvalue weighted by molar-refractivity contribution is 0.102. The minimum atomic E-state index is -0.162. The minimum Gasteiger partial charge on any atom is -0.322 e. The Bertz CT molecular complexity index is 1770. The van der Waals surface area contributed by atoms with Crippen LogP contribution in [0.15, 0.2) is 79.1 Å². The molecule has 0 aliphatic carbocycles. The standard InChI is InChI=1S/C29H23N5O/c1-29(2,3)18-10-8-17(9-11-18)28(35)32-19-12-13-22-23(16-19)34-27-21-7-5-15-31-25(21)24-20(26(27)33-22)6-4-14-30-24/h4-16H,1-3H3,(H,32,35). The summed E-state index contributed by atoms with van der Waals surface area (Å²) in [6, 6.07) is 21.1. The van der Waals surface area contributed by atoms with Gasteiger partial charge in [-0.25, -0.2) is 9.97 Å². The third-order valence-electron chi connectivity index (χ3n) is 6.29. The van der Waals surface area contributed by atoms with Gasteiger partial charge in [0.05, 0.1) is 33.1 Å². The molecule has 170 valence electrons. The number of nitrogens with one attached hydrogen (secondary N) is 1. The van der Waals surface area contributed by atoms with Crippen molar-refractivity contribution in [3.05, 3.63) is 90.3 Å². The molecular weight excluding hydrogens is 434 g/mol. The number of nitrogens with zero attached hydrogens (tertiary/aromatic N) is 4. The third kappa shape index (κ3) is 3.64. The lowest BCUT2D eigenvalue weighted by Gasteiger charge is -2.19. The van der Waals surface area contributed by atoms with Gasteiger partial charge in [0, 0.05) is 34.4 Å². The summed E-state index contributed by atoms with van der Waals surface area (Å²) in [7, 11) is 0. The number of carbonyl (C=O) groups is 1. The summed E-state index contributed by atoms with van der Waals surface area (Å²) < 4.78 is 0. The van der Waals surface area contributed by atoms with Gasteiger partial charge in [-0.15, -0.1) is 0 Å². The Hall–Kier alpha value is -4.45. The fourth-order valence-corrected chi connectivity index (χ4v) is 4.40. The Morgan fingerprint density at radius 1 is 0.714 bits per heavy atom. The number of anilines is 1. The summed E-state index contributed by atoms with van der Waals surface area (Å²) in [5, 5.41) is 4.81. The summed E-state index contributed by atoms with van der Waals surface area (Å²) >= 11 is 0. The summed E-state index contributed by atoms with van der Waals surface area (Å²) in [5.41, 5.74) is 7.11. The van der Waals surface area contributed by atoms with Crippen LogP contribution in [0.4, 0.5) is 5.69 Å². The van der Waals surface area contributed by atoms with Crippen LogP contribution in [0.2, 0.25) is 0 Å². The second-order valence-corrected chi connectivity index (χ2v) is 9.70. The maximum absolute atomic E-state index is 12.9. The van der Waals surface area contributed by atoms with Gasteiger partial charge in [0.25, 0.3) is 5.91 Å². The molecule has 35 heavy (non-hydrogen) atoms. The van der Waals surface area contributed by atoms with Gasteiger partial charge in [-0.05, 0) is 65.6 Å². The summed E-state index contributed by atoms with van der Waals surface area (Å²) in [5.74, 6) is -0.162. The van der Waals surface area contributed by atoms with E-state index in [0.29, 0.717) is 16.8 Å². The molecular formula is C29H23N5O. The van der Waals surface area contributed by atoms with E-state index in [0.717, 1.165) is 38.4 Å². The average Bonchev–Trinajstić information content (AvgIpc) is 2.87. The molecule has 0 aliphatic heterocycles. The van der Waals surface area contributed by atoms with Gasteiger partial charge >= 0.3 is 0 Å². The van der Waals surface area contributed by atoms with Crippen molar-refractivity contribution in [3.63, 3.8) is 0 Å². The largest absolute Gasteiger partial charge is 0.322 e. The van der Waals surface area contributed by atoms with Gasteiger partial charge in [0.1, 0.15) is 0 Å². The van der Waals surface area contributed by atoms with Crippen LogP contribution in [-0.4, -0.2) is 25.8 Å². The molecule has 6 aromatic rings. The number of amides is 1. The highest BCUT2D eigenvalue weighted by Gasteiger charge is 2.16. The predicted molar refractivity (Wildman–Crippen MR) is 141 cm³/mol. The number of hydrogen-bond acceptors (Lipinski definition) is 5. The highest BCUT2D eigenvalue weighted by molar-refractivity contribution is 6.21. The van der Waals surface area contributed by atoms with Crippen LogP contribution in [0.5, 0.6) is 0 Å². The number of carbonyl (C=O) groups excluding carboxylic acids is 1. The van der Waals surface area contributed by atoms with Crippen molar-refractivity contribution in [2.45, 2.75) is 26.2 Å². The Kier molecular flexibility index (Phi) is 4.71. The lowest BCUT2D eigenvalue weighted by Crippen LogP contribution is -2.14. The quantitative estimate of drug-likeness (QED) is 0.239. The number of aromatic nitrogens is 4. The van der Waals surface area contributed by atoms with E-state index in [1.807, 2.05) is 66.7 Å². The fraction of sp³-hybridized carbons (Fsp3) is 0.138. The van der Waals surface area contributed by atoms with Crippen LogP contribution in [0.1, 0.15) is 36.7 Å². The van der Waals surface area contributed by atoms with E-state index in [2.05, 4.69) is 36.1 Å². The molecule has 0 unspecified atom stereocenters. The normalized spacial score (nSPS) is 12.0.